The first-order valence-electron chi connectivity index (χ1n) is 3.59. The molecule has 0 spiro atoms. The molecule has 0 saturated carbocycles. The molecule has 0 aliphatic heterocycles. The van der Waals surface area contributed by atoms with E-state index in [1.165, 1.54) is 6.07 Å². The molecular formula is C8H7NO3SSe. The third kappa shape index (κ3) is 2.30. The van der Waals surface area contributed by atoms with Gasteiger partial charge in [0.15, 0.2) is 0 Å². The van der Waals surface area contributed by atoms with Crippen LogP contribution in [0.5, 0.6) is 0 Å². The van der Waals surface area contributed by atoms with Gasteiger partial charge in [-0.05, 0) is 0 Å². The summed E-state index contributed by atoms with van der Waals surface area (Å²) in [7, 11) is -3.84. The number of benzene rings is 1. The van der Waals surface area contributed by atoms with E-state index in [1.54, 1.807) is 18.2 Å². The van der Waals surface area contributed by atoms with E-state index in [0.717, 1.165) is 6.08 Å². The number of hydrogen-bond acceptors (Lipinski definition) is 3. The van der Waals surface area contributed by atoms with Gasteiger partial charge in [0.2, 0.25) is 0 Å². The average molecular weight is 276 g/mol. The van der Waals surface area contributed by atoms with Crippen molar-refractivity contribution in [1.29, 1.82) is 0 Å². The SMILES string of the molecule is C[Se]c1ccccc1S(=O)(=O)N=C=O. The molecule has 0 bridgehead atoms. The Morgan fingerprint density at radius 3 is 2.57 bits per heavy atom. The van der Waals surface area contributed by atoms with Crippen molar-refractivity contribution < 1.29 is 13.2 Å². The quantitative estimate of drug-likeness (QED) is 0.446. The zero-order chi connectivity index (χ0) is 10.6. The minimum absolute atomic E-state index is 0.0437. The van der Waals surface area contributed by atoms with Gasteiger partial charge in [-0.1, -0.05) is 0 Å². The number of isocyanates is 1. The first-order chi connectivity index (χ1) is 6.61. The van der Waals surface area contributed by atoms with E-state index < -0.39 is 10.0 Å². The molecule has 0 N–H and O–H groups in total. The van der Waals surface area contributed by atoms with E-state index in [1.807, 2.05) is 5.82 Å². The van der Waals surface area contributed by atoms with Crippen LogP contribution in [0.4, 0.5) is 0 Å². The van der Waals surface area contributed by atoms with Crippen molar-refractivity contribution in [3.05, 3.63) is 24.3 Å². The summed E-state index contributed by atoms with van der Waals surface area (Å²) in [5.74, 6) is 1.89. The maximum atomic E-state index is 11.4. The molecule has 0 aliphatic rings. The standard InChI is InChI=1S/C8H7NO3SSe/c1-14-8-5-3-2-4-7(8)13(11,12)9-6-10/h2-5H,1H3. The molecule has 0 fully saturated rings. The zero-order valence-electron chi connectivity index (χ0n) is 7.30. The fourth-order valence-electron chi connectivity index (χ4n) is 0.930. The number of carbonyl (C=O) groups excluding carboxylic acids is 1. The van der Waals surface area contributed by atoms with Gasteiger partial charge in [0.25, 0.3) is 0 Å². The van der Waals surface area contributed by atoms with E-state index in [9.17, 15) is 13.2 Å². The molecule has 0 amide bonds. The number of sulfonamides is 1. The number of nitrogens with zero attached hydrogens (tertiary/aromatic N) is 1. The molecule has 1 rings (SSSR count). The molecule has 0 saturated heterocycles. The molecule has 1 aromatic carbocycles. The van der Waals surface area contributed by atoms with Crippen molar-refractivity contribution in [3.8, 4) is 0 Å². The van der Waals surface area contributed by atoms with Gasteiger partial charge in [0.05, 0.1) is 0 Å². The van der Waals surface area contributed by atoms with Crippen LogP contribution in [0.3, 0.4) is 0 Å². The summed E-state index contributed by atoms with van der Waals surface area (Å²) in [5.41, 5.74) is 0. The number of hydrogen-bond donors (Lipinski definition) is 0. The molecule has 1 aromatic rings. The molecule has 74 valence electrons. The van der Waals surface area contributed by atoms with E-state index in [4.69, 9.17) is 0 Å². The second-order valence-corrected chi connectivity index (χ2v) is 5.66. The minimum atomic E-state index is -3.84. The Morgan fingerprint density at radius 2 is 2.00 bits per heavy atom. The summed E-state index contributed by atoms with van der Waals surface area (Å²) in [4.78, 5) is 10.0. The molecule has 0 aliphatic carbocycles. The van der Waals surface area contributed by atoms with Crippen LogP contribution in [0, 0.1) is 0 Å². The fraction of sp³-hybridized carbons (Fsp3) is 0.125. The van der Waals surface area contributed by atoms with E-state index in [0.29, 0.717) is 4.46 Å². The zero-order valence-corrected chi connectivity index (χ0v) is 9.83. The number of rotatable bonds is 3. The van der Waals surface area contributed by atoms with E-state index >= 15 is 0 Å². The molecule has 6 heteroatoms. The molecule has 4 nitrogen and oxygen atoms in total. The van der Waals surface area contributed by atoms with Crippen LogP contribution in [0.15, 0.2) is 33.6 Å². The van der Waals surface area contributed by atoms with Crippen LogP contribution in [-0.4, -0.2) is 29.5 Å². The fourth-order valence-corrected chi connectivity index (χ4v) is 3.81. The third-order valence-electron chi connectivity index (χ3n) is 1.50. The second kappa shape index (κ2) is 4.53. The van der Waals surface area contributed by atoms with Crippen molar-refractivity contribution in [3.63, 3.8) is 0 Å². The van der Waals surface area contributed by atoms with Gasteiger partial charge in [0.1, 0.15) is 0 Å². The Morgan fingerprint density at radius 1 is 1.36 bits per heavy atom. The van der Waals surface area contributed by atoms with Crippen molar-refractivity contribution in [2.45, 2.75) is 10.7 Å². The van der Waals surface area contributed by atoms with Crippen molar-refractivity contribution >= 4 is 35.5 Å². The van der Waals surface area contributed by atoms with Crippen molar-refractivity contribution in [1.82, 2.24) is 0 Å². The van der Waals surface area contributed by atoms with Gasteiger partial charge in [-0.25, -0.2) is 0 Å². The van der Waals surface area contributed by atoms with Crippen LogP contribution in [0.2, 0.25) is 5.82 Å². The van der Waals surface area contributed by atoms with Gasteiger partial charge in [0, 0.05) is 0 Å². The van der Waals surface area contributed by atoms with Gasteiger partial charge >= 0.3 is 88.1 Å². The molecule has 0 heterocycles. The normalized spacial score (nSPS) is 10.6. The maximum absolute atomic E-state index is 11.4. The Balaban J connectivity index is 3.39. The molecule has 0 atom stereocenters. The molecular weight excluding hydrogens is 269 g/mol. The van der Waals surface area contributed by atoms with Gasteiger partial charge in [-0.2, -0.15) is 0 Å². The Kier molecular flexibility index (Phi) is 3.61. The second-order valence-electron chi connectivity index (χ2n) is 2.31. The first-order valence-corrected chi connectivity index (χ1v) is 7.60. The Hall–Kier alpha value is -0.931. The summed E-state index contributed by atoms with van der Waals surface area (Å²) in [5, 5.41) is 0. The molecule has 0 radical (unpaired) electrons. The first kappa shape index (κ1) is 11.1. The summed E-state index contributed by atoms with van der Waals surface area (Å²) in [6.45, 7) is 0. The topological polar surface area (TPSA) is 63.6 Å². The van der Waals surface area contributed by atoms with Crippen LogP contribution in [-0.2, 0) is 14.8 Å². The van der Waals surface area contributed by atoms with Crippen LogP contribution in [0.25, 0.3) is 0 Å². The summed E-state index contributed by atoms with van der Waals surface area (Å²) in [6.07, 6.45) is 1.05. The van der Waals surface area contributed by atoms with Gasteiger partial charge in [-0.3, -0.25) is 0 Å². The Bertz CT molecular complexity index is 477. The summed E-state index contributed by atoms with van der Waals surface area (Å²) >= 11 is 0.0437. The monoisotopic (exact) mass is 277 g/mol. The molecule has 14 heavy (non-hydrogen) atoms. The summed E-state index contributed by atoms with van der Waals surface area (Å²) < 4.78 is 26.3. The van der Waals surface area contributed by atoms with E-state index in [-0.39, 0.29) is 19.9 Å². The van der Waals surface area contributed by atoms with Crippen LogP contribution >= 0.6 is 0 Å². The van der Waals surface area contributed by atoms with Crippen molar-refractivity contribution in [2.75, 3.05) is 0 Å². The molecule has 0 unspecified atom stereocenters. The molecule has 0 aromatic heterocycles. The van der Waals surface area contributed by atoms with Crippen LogP contribution < -0.4 is 4.46 Å². The van der Waals surface area contributed by atoms with E-state index in [2.05, 4.69) is 4.40 Å². The van der Waals surface area contributed by atoms with Crippen molar-refractivity contribution in [2.24, 2.45) is 4.40 Å². The van der Waals surface area contributed by atoms with Crippen LogP contribution in [0.1, 0.15) is 0 Å². The van der Waals surface area contributed by atoms with Gasteiger partial charge in [-0.15, -0.1) is 0 Å². The Labute approximate surface area is 88.3 Å². The predicted octanol–water partition coefficient (Wildman–Crippen LogP) is 0.0887. The summed E-state index contributed by atoms with van der Waals surface area (Å²) in [6, 6.07) is 6.51. The third-order valence-corrected chi connectivity index (χ3v) is 4.69. The predicted molar refractivity (Wildman–Crippen MR) is 53.0 cm³/mol. The average Bonchev–Trinajstić information content (AvgIpc) is 2.18. The van der Waals surface area contributed by atoms with Gasteiger partial charge < -0.3 is 0 Å².